The number of aliphatic hydroxyl groups excluding tert-OH is 1. The summed E-state index contributed by atoms with van der Waals surface area (Å²) in [5, 5.41) is 12.8. The van der Waals surface area contributed by atoms with Gasteiger partial charge in [-0.05, 0) is 19.4 Å². The maximum atomic E-state index is 9.30. The molecule has 2 radical (unpaired) electrons. The Kier molecular flexibility index (Phi) is 2.64. The van der Waals surface area contributed by atoms with E-state index in [4.69, 9.17) is 27.6 Å². The molecule has 86 valence electrons. The summed E-state index contributed by atoms with van der Waals surface area (Å²) in [6.45, 7) is 2.93. The molecule has 8 heteroatoms. The van der Waals surface area contributed by atoms with Crippen LogP contribution in [-0.2, 0) is 14.2 Å². The third kappa shape index (κ3) is 1.59. The molecule has 2 saturated heterocycles. The van der Waals surface area contributed by atoms with Crippen LogP contribution in [0, 0.1) is 0 Å². The molecule has 1 N–H and O–H groups in total. The van der Waals surface area contributed by atoms with Gasteiger partial charge in [-0.3, -0.25) is 0 Å². The van der Waals surface area contributed by atoms with E-state index in [1.165, 1.54) is 0 Å². The van der Waals surface area contributed by atoms with Crippen LogP contribution >= 0.6 is 0 Å². The molecule has 0 aromatic heterocycles. The molecule has 7 nitrogen and oxygen atoms in total. The van der Waals surface area contributed by atoms with E-state index in [9.17, 15) is 5.11 Å². The molecular formula is C8H12BN3O4. The van der Waals surface area contributed by atoms with Crippen molar-refractivity contribution in [3.63, 3.8) is 0 Å². The molecule has 2 heterocycles. The van der Waals surface area contributed by atoms with Crippen LogP contribution in [0.4, 0.5) is 0 Å². The Bertz CT molecular complexity index is 346. The maximum Gasteiger partial charge on any atom is 0.198 e. The molecule has 4 atom stereocenters. The van der Waals surface area contributed by atoms with Crippen molar-refractivity contribution >= 4 is 7.85 Å². The fourth-order valence-electron chi connectivity index (χ4n) is 2.06. The third-order valence-electron chi connectivity index (χ3n) is 2.68. The molecule has 2 rings (SSSR count). The minimum atomic E-state index is -1.49. The summed E-state index contributed by atoms with van der Waals surface area (Å²) in [5.74, 6) is -0.831. The average Bonchev–Trinajstić information content (AvgIpc) is 2.64. The quantitative estimate of drug-likeness (QED) is 0.310. The van der Waals surface area contributed by atoms with Gasteiger partial charge in [0, 0.05) is 10.9 Å². The summed E-state index contributed by atoms with van der Waals surface area (Å²) in [5.41, 5.74) is 7.00. The molecule has 2 aliphatic heterocycles. The Morgan fingerprint density at radius 2 is 2.12 bits per heavy atom. The van der Waals surface area contributed by atoms with Gasteiger partial charge < -0.3 is 19.3 Å². The lowest BCUT2D eigenvalue weighted by Crippen LogP contribution is -2.44. The van der Waals surface area contributed by atoms with Crippen LogP contribution in [0.25, 0.3) is 10.4 Å². The Morgan fingerprint density at radius 3 is 2.69 bits per heavy atom. The highest BCUT2D eigenvalue weighted by atomic mass is 16.8. The second kappa shape index (κ2) is 3.61. The van der Waals surface area contributed by atoms with Gasteiger partial charge in [-0.15, -0.1) is 0 Å². The molecule has 0 saturated carbocycles. The molecule has 0 spiro atoms. The SMILES string of the molecule is [B][C@@H]1O[C@@](CO)(N=[N+]=[N-])[C@H]2OC(C)(C)O[C@@H]12. The number of fused-ring (bicyclic) bond motifs is 1. The number of nitrogens with zero attached hydrogens (tertiary/aromatic N) is 3. The fraction of sp³-hybridized carbons (Fsp3) is 1.00. The van der Waals surface area contributed by atoms with Crippen LogP contribution in [0.15, 0.2) is 5.11 Å². The van der Waals surface area contributed by atoms with Gasteiger partial charge >= 0.3 is 0 Å². The van der Waals surface area contributed by atoms with Crippen molar-refractivity contribution < 1.29 is 19.3 Å². The molecule has 0 amide bonds. The topological polar surface area (TPSA) is 96.7 Å². The van der Waals surface area contributed by atoms with Crippen LogP contribution in [0.3, 0.4) is 0 Å². The molecule has 16 heavy (non-hydrogen) atoms. The first-order chi connectivity index (χ1) is 7.44. The van der Waals surface area contributed by atoms with Gasteiger partial charge in [-0.2, -0.15) is 0 Å². The van der Waals surface area contributed by atoms with Gasteiger partial charge in [0.05, 0.1) is 6.61 Å². The van der Waals surface area contributed by atoms with Gasteiger partial charge in [0.25, 0.3) is 0 Å². The first-order valence-electron chi connectivity index (χ1n) is 4.90. The van der Waals surface area contributed by atoms with E-state index in [1.807, 2.05) is 0 Å². The number of aliphatic hydroxyl groups is 1. The summed E-state index contributed by atoms with van der Waals surface area (Å²) >= 11 is 0. The maximum absolute atomic E-state index is 9.30. The second-order valence-electron chi connectivity index (χ2n) is 4.30. The average molecular weight is 225 g/mol. The Hall–Kier alpha value is -0.785. The van der Waals surface area contributed by atoms with E-state index in [0.29, 0.717) is 0 Å². The van der Waals surface area contributed by atoms with E-state index in [-0.39, 0.29) is 0 Å². The van der Waals surface area contributed by atoms with Crippen molar-refractivity contribution in [2.24, 2.45) is 5.11 Å². The van der Waals surface area contributed by atoms with Crippen molar-refractivity contribution in [3.8, 4) is 0 Å². The van der Waals surface area contributed by atoms with Crippen LogP contribution in [0.5, 0.6) is 0 Å². The normalized spacial score (nSPS) is 45.1. The lowest BCUT2D eigenvalue weighted by Gasteiger charge is -2.28. The van der Waals surface area contributed by atoms with Crippen molar-refractivity contribution in [3.05, 3.63) is 10.4 Å². The van der Waals surface area contributed by atoms with Crippen LogP contribution < -0.4 is 0 Å². The van der Waals surface area contributed by atoms with E-state index in [0.717, 1.165) is 0 Å². The Labute approximate surface area is 93.7 Å². The van der Waals surface area contributed by atoms with Crippen molar-refractivity contribution in [1.29, 1.82) is 0 Å². The Morgan fingerprint density at radius 1 is 1.44 bits per heavy atom. The monoisotopic (exact) mass is 225 g/mol. The number of ether oxygens (including phenoxy) is 3. The zero-order valence-corrected chi connectivity index (χ0v) is 9.03. The lowest BCUT2D eigenvalue weighted by atomic mass is 9.92. The summed E-state index contributed by atoms with van der Waals surface area (Å²) in [6.07, 6.45) is -1.24. The summed E-state index contributed by atoms with van der Waals surface area (Å²) < 4.78 is 16.3. The van der Waals surface area contributed by atoms with Gasteiger partial charge in [0.2, 0.25) is 0 Å². The smallest absolute Gasteiger partial charge is 0.198 e. The predicted octanol–water partition coefficient (Wildman–Crippen LogP) is 0.0302. The lowest BCUT2D eigenvalue weighted by molar-refractivity contribution is -0.205. The van der Waals surface area contributed by atoms with Crippen LogP contribution in [0.1, 0.15) is 13.8 Å². The largest absolute Gasteiger partial charge is 0.393 e. The van der Waals surface area contributed by atoms with E-state index >= 15 is 0 Å². The highest BCUT2D eigenvalue weighted by Crippen LogP contribution is 2.43. The second-order valence-corrected chi connectivity index (χ2v) is 4.30. The van der Waals surface area contributed by atoms with Crippen LogP contribution in [-0.4, -0.2) is 49.3 Å². The fourth-order valence-corrected chi connectivity index (χ4v) is 2.06. The molecule has 0 aliphatic carbocycles. The van der Waals surface area contributed by atoms with E-state index < -0.39 is 36.3 Å². The number of azide groups is 1. The minimum Gasteiger partial charge on any atom is -0.393 e. The zero-order valence-electron chi connectivity index (χ0n) is 9.03. The molecule has 0 unspecified atom stereocenters. The first-order valence-corrected chi connectivity index (χ1v) is 4.90. The molecule has 0 bridgehead atoms. The van der Waals surface area contributed by atoms with Crippen molar-refractivity contribution in [2.45, 2.75) is 43.6 Å². The molecule has 0 aromatic carbocycles. The van der Waals surface area contributed by atoms with E-state index in [2.05, 4.69) is 10.0 Å². The number of rotatable bonds is 2. The summed E-state index contributed by atoms with van der Waals surface area (Å²) in [4.78, 5) is 2.65. The summed E-state index contributed by atoms with van der Waals surface area (Å²) in [7, 11) is 5.70. The molecular weight excluding hydrogens is 213 g/mol. The first kappa shape index (κ1) is 11.7. The predicted molar refractivity (Wildman–Crippen MR) is 53.4 cm³/mol. The molecule has 2 aliphatic rings. The van der Waals surface area contributed by atoms with Gasteiger partial charge in [0.15, 0.2) is 11.5 Å². The van der Waals surface area contributed by atoms with Gasteiger partial charge in [-0.1, -0.05) is 5.11 Å². The van der Waals surface area contributed by atoms with Crippen LogP contribution in [0.2, 0.25) is 0 Å². The summed E-state index contributed by atoms with van der Waals surface area (Å²) in [6, 6.07) is -0.788. The Balaban J connectivity index is 2.34. The van der Waals surface area contributed by atoms with E-state index in [1.54, 1.807) is 13.8 Å². The number of hydrogen-bond acceptors (Lipinski definition) is 5. The third-order valence-corrected chi connectivity index (χ3v) is 2.68. The highest BCUT2D eigenvalue weighted by Gasteiger charge is 2.61. The minimum absolute atomic E-state index is 0.509. The van der Waals surface area contributed by atoms with Crippen molar-refractivity contribution in [2.75, 3.05) is 6.61 Å². The van der Waals surface area contributed by atoms with Gasteiger partial charge in [-0.25, -0.2) is 0 Å². The highest BCUT2D eigenvalue weighted by molar-refractivity contribution is 6.11. The zero-order chi connectivity index (χ0) is 12.0. The molecule has 0 aromatic rings. The van der Waals surface area contributed by atoms with Gasteiger partial charge in [0.1, 0.15) is 20.1 Å². The number of hydrogen-bond donors (Lipinski definition) is 1. The standard InChI is InChI=1S/C8H12BN3O4/c1-7(2)14-4-5(15-7)8(3-13,11-12-10)16-6(4)9/h4-6,13H,3H2,1-2H3/t4-,5+,6-,8-/m1/s1. The van der Waals surface area contributed by atoms with Crippen molar-refractivity contribution in [1.82, 2.24) is 0 Å². The molecule has 2 fully saturated rings.